The molecule has 1 unspecified atom stereocenters. The monoisotopic (exact) mass is 227 g/mol. The number of rotatable bonds is 6. The number of likely N-dealkylation sites (N-methyl/N-ethyl adjacent to an activating group) is 1. The smallest absolute Gasteiger partial charge is 0.0191 e. The molecule has 0 amide bonds. The number of nitrogens with one attached hydrogen (secondary N) is 1. The van der Waals surface area contributed by atoms with Crippen LogP contribution in [-0.2, 0) is 0 Å². The second-order valence-electron chi connectivity index (χ2n) is 5.20. The van der Waals surface area contributed by atoms with E-state index in [1.807, 2.05) is 0 Å². The first-order chi connectivity index (χ1) is 7.67. The van der Waals surface area contributed by atoms with E-state index >= 15 is 0 Å². The molecule has 3 heteroatoms. The van der Waals surface area contributed by atoms with Crippen LogP contribution in [0.2, 0.25) is 0 Å². The molecule has 1 fully saturated rings. The van der Waals surface area contributed by atoms with Crippen molar-refractivity contribution < 1.29 is 0 Å². The highest BCUT2D eigenvalue weighted by molar-refractivity contribution is 4.77. The molecule has 16 heavy (non-hydrogen) atoms. The topological polar surface area (TPSA) is 18.5 Å². The summed E-state index contributed by atoms with van der Waals surface area (Å²) >= 11 is 0. The SMILES string of the molecule is CCCC(CN1CCN(C(C)C)CC1)NC. The zero-order chi connectivity index (χ0) is 12.0. The molecule has 96 valence electrons. The summed E-state index contributed by atoms with van der Waals surface area (Å²) < 4.78 is 0. The highest BCUT2D eigenvalue weighted by atomic mass is 15.3. The van der Waals surface area contributed by atoms with Crippen LogP contribution in [0.25, 0.3) is 0 Å². The summed E-state index contributed by atoms with van der Waals surface area (Å²) in [6, 6.07) is 1.38. The van der Waals surface area contributed by atoms with Gasteiger partial charge in [-0.3, -0.25) is 9.80 Å². The van der Waals surface area contributed by atoms with E-state index < -0.39 is 0 Å². The van der Waals surface area contributed by atoms with Crippen molar-refractivity contribution in [3.8, 4) is 0 Å². The number of nitrogens with zero attached hydrogens (tertiary/aromatic N) is 2. The molecule has 1 heterocycles. The fraction of sp³-hybridized carbons (Fsp3) is 1.00. The van der Waals surface area contributed by atoms with Crippen molar-refractivity contribution in [2.24, 2.45) is 0 Å². The van der Waals surface area contributed by atoms with E-state index in [1.54, 1.807) is 0 Å². The maximum absolute atomic E-state index is 3.43. The van der Waals surface area contributed by atoms with Gasteiger partial charge in [-0.15, -0.1) is 0 Å². The Morgan fingerprint density at radius 2 is 1.75 bits per heavy atom. The first kappa shape index (κ1) is 13.9. The van der Waals surface area contributed by atoms with Crippen molar-refractivity contribution in [1.29, 1.82) is 0 Å². The summed E-state index contributed by atoms with van der Waals surface area (Å²) in [7, 11) is 2.09. The van der Waals surface area contributed by atoms with Gasteiger partial charge >= 0.3 is 0 Å². The maximum Gasteiger partial charge on any atom is 0.0191 e. The van der Waals surface area contributed by atoms with Crippen LogP contribution in [-0.4, -0.2) is 61.7 Å². The van der Waals surface area contributed by atoms with Crippen molar-refractivity contribution in [1.82, 2.24) is 15.1 Å². The number of hydrogen-bond acceptors (Lipinski definition) is 3. The van der Waals surface area contributed by atoms with Crippen LogP contribution < -0.4 is 5.32 Å². The molecule has 0 aromatic heterocycles. The van der Waals surface area contributed by atoms with Crippen molar-refractivity contribution >= 4 is 0 Å². The van der Waals surface area contributed by atoms with Crippen LogP contribution in [0.1, 0.15) is 33.6 Å². The minimum atomic E-state index is 0.676. The lowest BCUT2D eigenvalue weighted by Crippen LogP contribution is -2.51. The van der Waals surface area contributed by atoms with Crippen LogP contribution in [0, 0.1) is 0 Å². The second-order valence-corrected chi connectivity index (χ2v) is 5.20. The summed E-state index contributed by atoms with van der Waals surface area (Å²) in [5.41, 5.74) is 0. The molecule has 0 bridgehead atoms. The van der Waals surface area contributed by atoms with Gasteiger partial charge in [-0.25, -0.2) is 0 Å². The van der Waals surface area contributed by atoms with Gasteiger partial charge in [0, 0.05) is 44.8 Å². The Labute approximate surface area is 101 Å². The summed E-state index contributed by atoms with van der Waals surface area (Å²) in [5.74, 6) is 0. The highest BCUT2D eigenvalue weighted by Crippen LogP contribution is 2.07. The van der Waals surface area contributed by atoms with Gasteiger partial charge in [-0.05, 0) is 27.3 Å². The highest BCUT2D eigenvalue weighted by Gasteiger charge is 2.20. The summed E-state index contributed by atoms with van der Waals surface area (Å²) in [6.45, 7) is 13.0. The molecule has 1 aliphatic heterocycles. The van der Waals surface area contributed by atoms with E-state index in [4.69, 9.17) is 0 Å². The van der Waals surface area contributed by atoms with Crippen LogP contribution >= 0.6 is 0 Å². The Bertz CT molecular complexity index is 174. The third-order valence-electron chi connectivity index (χ3n) is 3.66. The molecule has 1 N–H and O–H groups in total. The van der Waals surface area contributed by atoms with Crippen LogP contribution in [0.3, 0.4) is 0 Å². The van der Waals surface area contributed by atoms with Crippen molar-refractivity contribution in [3.63, 3.8) is 0 Å². The Morgan fingerprint density at radius 3 is 2.19 bits per heavy atom. The van der Waals surface area contributed by atoms with Gasteiger partial charge in [0.05, 0.1) is 0 Å². The Kier molecular flexibility index (Phi) is 6.32. The van der Waals surface area contributed by atoms with Crippen molar-refractivity contribution in [3.05, 3.63) is 0 Å². The lowest BCUT2D eigenvalue weighted by atomic mass is 10.1. The largest absolute Gasteiger partial charge is 0.316 e. The van der Waals surface area contributed by atoms with Gasteiger partial charge in [0.1, 0.15) is 0 Å². The van der Waals surface area contributed by atoms with Gasteiger partial charge in [0.15, 0.2) is 0 Å². The predicted molar refractivity (Wildman–Crippen MR) is 70.9 cm³/mol. The minimum absolute atomic E-state index is 0.676. The molecule has 0 aromatic carbocycles. The van der Waals surface area contributed by atoms with Gasteiger partial charge in [-0.1, -0.05) is 13.3 Å². The molecule has 0 aromatic rings. The van der Waals surface area contributed by atoms with Crippen molar-refractivity contribution in [2.45, 2.75) is 45.7 Å². The number of piperazine rings is 1. The normalized spacial score (nSPS) is 21.6. The summed E-state index contributed by atoms with van der Waals surface area (Å²) in [4.78, 5) is 5.18. The molecule has 1 rings (SSSR count). The Balaban J connectivity index is 2.25. The Morgan fingerprint density at radius 1 is 1.12 bits per heavy atom. The van der Waals surface area contributed by atoms with Gasteiger partial charge in [0.25, 0.3) is 0 Å². The van der Waals surface area contributed by atoms with Crippen LogP contribution in [0.5, 0.6) is 0 Å². The lowest BCUT2D eigenvalue weighted by molar-refractivity contribution is 0.101. The van der Waals surface area contributed by atoms with Crippen LogP contribution in [0.15, 0.2) is 0 Å². The molecule has 1 saturated heterocycles. The molecule has 0 radical (unpaired) electrons. The standard InChI is InChI=1S/C13H29N3/c1-5-6-13(14-4)11-15-7-9-16(10-8-15)12(2)3/h12-14H,5-11H2,1-4H3. The second kappa shape index (κ2) is 7.25. The van der Waals surface area contributed by atoms with E-state index in [-0.39, 0.29) is 0 Å². The van der Waals surface area contributed by atoms with E-state index in [9.17, 15) is 0 Å². The summed E-state index contributed by atoms with van der Waals surface area (Å²) in [6.07, 6.45) is 2.57. The molecule has 0 spiro atoms. The fourth-order valence-electron chi connectivity index (χ4n) is 2.45. The summed E-state index contributed by atoms with van der Waals surface area (Å²) in [5, 5.41) is 3.43. The van der Waals surface area contributed by atoms with Crippen LogP contribution in [0.4, 0.5) is 0 Å². The quantitative estimate of drug-likeness (QED) is 0.740. The predicted octanol–water partition coefficient (Wildman–Crippen LogP) is 1.40. The van der Waals surface area contributed by atoms with E-state index in [0.29, 0.717) is 12.1 Å². The molecule has 0 aliphatic carbocycles. The first-order valence-electron chi connectivity index (χ1n) is 6.81. The van der Waals surface area contributed by atoms with E-state index in [1.165, 1.54) is 45.6 Å². The van der Waals surface area contributed by atoms with Gasteiger partial charge < -0.3 is 5.32 Å². The van der Waals surface area contributed by atoms with E-state index in [0.717, 1.165) is 0 Å². The van der Waals surface area contributed by atoms with Crippen molar-refractivity contribution in [2.75, 3.05) is 39.8 Å². The molecule has 0 saturated carbocycles. The minimum Gasteiger partial charge on any atom is -0.316 e. The fourth-order valence-corrected chi connectivity index (χ4v) is 2.45. The third-order valence-corrected chi connectivity index (χ3v) is 3.66. The maximum atomic E-state index is 3.43. The number of hydrogen-bond donors (Lipinski definition) is 1. The zero-order valence-corrected chi connectivity index (χ0v) is 11.5. The average molecular weight is 227 g/mol. The van der Waals surface area contributed by atoms with Gasteiger partial charge in [0.2, 0.25) is 0 Å². The average Bonchev–Trinajstić information content (AvgIpc) is 2.29. The van der Waals surface area contributed by atoms with Gasteiger partial charge in [-0.2, -0.15) is 0 Å². The zero-order valence-electron chi connectivity index (χ0n) is 11.5. The Hall–Kier alpha value is -0.120. The molecule has 3 nitrogen and oxygen atoms in total. The van der Waals surface area contributed by atoms with E-state index in [2.05, 4.69) is 42.9 Å². The molecular formula is C13H29N3. The molecule has 1 atom stereocenters. The first-order valence-corrected chi connectivity index (χ1v) is 6.81. The molecular weight excluding hydrogens is 198 g/mol. The molecule has 1 aliphatic rings. The lowest BCUT2D eigenvalue weighted by Gasteiger charge is -2.38. The third kappa shape index (κ3) is 4.40.